The van der Waals surface area contributed by atoms with Gasteiger partial charge >= 0.3 is 12.1 Å². The van der Waals surface area contributed by atoms with Crippen molar-refractivity contribution in [3.63, 3.8) is 0 Å². The molecule has 9 heteroatoms. The molecule has 0 aliphatic heterocycles. The van der Waals surface area contributed by atoms with Gasteiger partial charge in [-0.15, -0.1) is 0 Å². The zero-order valence-electron chi connectivity index (χ0n) is 8.85. The molecule has 0 unspecified atom stereocenters. The summed E-state index contributed by atoms with van der Waals surface area (Å²) < 4.78 is 31.7. The lowest BCUT2D eigenvalue weighted by Crippen LogP contribution is -2.21. The summed E-state index contributed by atoms with van der Waals surface area (Å²) in [5.74, 6) is -3.94. The van der Waals surface area contributed by atoms with Gasteiger partial charge in [-0.1, -0.05) is 0 Å². The number of carboxylic acids is 1. The lowest BCUT2D eigenvalue weighted by atomic mass is 9.97. The number of rotatable bonds is 0. The zero-order chi connectivity index (χ0) is 15.2. The molecule has 0 heterocycles. The Morgan fingerprint density at radius 3 is 1.47 bits per heavy atom. The van der Waals surface area contributed by atoms with E-state index in [0.29, 0.717) is 0 Å². The van der Waals surface area contributed by atoms with Crippen molar-refractivity contribution >= 4 is 17.5 Å². The number of hydrogen-bond acceptors (Lipinski definition) is 5. The number of allylic oxidation sites excluding steroid dienone is 4. The Bertz CT molecular complexity index is 535. The lowest BCUT2D eigenvalue weighted by Gasteiger charge is -2.00. The van der Waals surface area contributed by atoms with Gasteiger partial charge in [0, 0.05) is 0 Å². The molecule has 0 aromatic heterocycles. The molecule has 6 nitrogen and oxygen atoms in total. The van der Waals surface area contributed by atoms with Gasteiger partial charge in [0.15, 0.2) is 11.6 Å². The highest BCUT2D eigenvalue weighted by atomic mass is 19.4. The first-order valence-electron chi connectivity index (χ1n) is 4.26. The zero-order valence-corrected chi connectivity index (χ0v) is 8.85. The van der Waals surface area contributed by atoms with Crippen LogP contribution in [0.15, 0.2) is 23.3 Å². The molecular weight excluding hydrogens is 269 g/mol. The second-order valence-corrected chi connectivity index (χ2v) is 2.84. The number of carboxylic acid groups (broad SMARTS) is 1. The molecule has 0 saturated carbocycles. The molecule has 0 fully saturated rings. The average Bonchev–Trinajstić information content (AvgIpc) is 2.31. The van der Waals surface area contributed by atoms with Gasteiger partial charge in [-0.3, -0.25) is 9.59 Å². The smallest absolute Gasteiger partial charge is 0.475 e. The van der Waals surface area contributed by atoms with Crippen LogP contribution in [0.4, 0.5) is 13.2 Å². The first-order valence-corrected chi connectivity index (χ1v) is 4.26. The second-order valence-electron chi connectivity index (χ2n) is 2.84. The number of alkyl halides is 3. The van der Waals surface area contributed by atoms with Crippen LogP contribution in [0.25, 0.3) is 0 Å². The molecule has 0 spiro atoms. The van der Waals surface area contributed by atoms with Crippen LogP contribution in [0.2, 0.25) is 0 Å². The number of carbonyl (C=O) groups is 3. The van der Waals surface area contributed by atoms with E-state index in [0.717, 1.165) is 12.2 Å². The van der Waals surface area contributed by atoms with Gasteiger partial charge < -0.3 is 5.11 Å². The molecule has 0 atom stereocenters. The first-order chi connectivity index (χ1) is 8.65. The summed E-state index contributed by atoms with van der Waals surface area (Å²) in [5.41, 5.74) is -0.741. The summed E-state index contributed by atoms with van der Waals surface area (Å²) in [5, 5.41) is 24.0. The van der Waals surface area contributed by atoms with Crippen LogP contribution in [-0.2, 0) is 14.4 Å². The topological polar surface area (TPSA) is 119 Å². The number of aliphatic carboxylic acids is 1. The lowest BCUT2D eigenvalue weighted by molar-refractivity contribution is -0.192. The molecule has 1 N–H and O–H groups in total. The van der Waals surface area contributed by atoms with Crippen LogP contribution >= 0.6 is 0 Å². The normalized spacial score (nSPS) is 14.2. The van der Waals surface area contributed by atoms with Crippen LogP contribution < -0.4 is 0 Å². The fourth-order valence-electron chi connectivity index (χ4n) is 0.786. The van der Waals surface area contributed by atoms with E-state index in [1.165, 1.54) is 12.1 Å². The number of halogens is 3. The fourth-order valence-corrected chi connectivity index (χ4v) is 0.786. The highest BCUT2D eigenvalue weighted by Gasteiger charge is 2.38. The van der Waals surface area contributed by atoms with Gasteiger partial charge in [-0.2, -0.15) is 23.7 Å². The first kappa shape index (κ1) is 16.1. The van der Waals surface area contributed by atoms with Crippen LogP contribution in [0.3, 0.4) is 0 Å². The van der Waals surface area contributed by atoms with Crippen molar-refractivity contribution < 1.29 is 32.7 Å². The Morgan fingerprint density at radius 1 is 1.05 bits per heavy atom. The number of ketones is 2. The molecule has 0 saturated heterocycles. The van der Waals surface area contributed by atoms with Gasteiger partial charge in [0.05, 0.1) is 0 Å². The van der Waals surface area contributed by atoms with Crippen molar-refractivity contribution in [2.75, 3.05) is 0 Å². The van der Waals surface area contributed by atoms with E-state index in [-0.39, 0.29) is 11.1 Å². The van der Waals surface area contributed by atoms with E-state index in [9.17, 15) is 22.8 Å². The van der Waals surface area contributed by atoms with Crippen molar-refractivity contribution in [1.82, 2.24) is 0 Å². The maximum Gasteiger partial charge on any atom is 0.490 e. The maximum absolute atomic E-state index is 10.9. The molecule has 1 aliphatic carbocycles. The third-order valence-corrected chi connectivity index (χ3v) is 1.59. The predicted molar refractivity (Wildman–Crippen MR) is 51.1 cm³/mol. The Balaban J connectivity index is 0.000000399. The molecule has 0 aromatic rings. The second kappa shape index (κ2) is 6.12. The van der Waals surface area contributed by atoms with Crippen LogP contribution in [-0.4, -0.2) is 28.8 Å². The van der Waals surface area contributed by atoms with Crippen molar-refractivity contribution in [2.24, 2.45) is 0 Å². The van der Waals surface area contributed by atoms with Gasteiger partial charge in [-0.25, -0.2) is 4.79 Å². The van der Waals surface area contributed by atoms with Crippen LogP contribution in [0.5, 0.6) is 0 Å². The summed E-state index contributed by atoms with van der Waals surface area (Å²) in [6, 6.07) is 3.04. The Morgan fingerprint density at radius 2 is 1.32 bits per heavy atom. The fraction of sp³-hybridized carbons (Fsp3) is 0.100. The quantitative estimate of drug-likeness (QED) is 0.647. The largest absolute Gasteiger partial charge is 0.490 e. The van der Waals surface area contributed by atoms with Gasteiger partial charge in [-0.05, 0) is 12.2 Å². The number of nitriles is 2. The van der Waals surface area contributed by atoms with Crippen molar-refractivity contribution in [3.8, 4) is 12.1 Å². The number of hydrogen-bond donors (Lipinski definition) is 1. The standard InChI is InChI=1S/C8H2N2O2.C2HF3O2/c9-3-5-6(4-10)8(12)2-1-7(5)11;3-2(4,5)1(6)7/h1-2H;(H,6,7). The number of nitrogens with zero attached hydrogens (tertiary/aromatic N) is 2. The molecule has 1 aliphatic rings. The molecule has 0 amide bonds. The van der Waals surface area contributed by atoms with E-state index >= 15 is 0 Å². The third-order valence-electron chi connectivity index (χ3n) is 1.59. The van der Waals surface area contributed by atoms with Crippen LogP contribution in [0, 0.1) is 22.7 Å². The van der Waals surface area contributed by atoms with E-state index in [1.54, 1.807) is 0 Å². The minimum atomic E-state index is -5.08. The third kappa shape index (κ3) is 4.44. The average molecular weight is 272 g/mol. The molecule has 19 heavy (non-hydrogen) atoms. The molecular formula is C10H3F3N2O4. The van der Waals surface area contributed by atoms with Crippen molar-refractivity contribution in [1.29, 1.82) is 10.5 Å². The minimum Gasteiger partial charge on any atom is -0.475 e. The van der Waals surface area contributed by atoms with E-state index in [1.807, 2.05) is 0 Å². The van der Waals surface area contributed by atoms with E-state index in [2.05, 4.69) is 0 Å². The van der Waals surface area contributed by atoms with E-state index in [4.69, 9.17) is 20.4 Å². The summed E-state index contributed by atoms with van der Waals surface area (Å²) >= 11 is 0. The molecule has 98 valence electrons. The number of carbonyl (C=O) groups excluding carboxylic acids is 2. The minimum absolute atomic E-state index is 0.370. The summed E-state index contributed by atoms with van der Waals surface area (Å²) in [7, 11) is 0. The Hall–Kier alpha value is -2.94. The monoisotopic (exact) mass is 272 g/mol. The van der Waals surface area contributed by atoms with E-state index < -0.39 is 23.7 Å². The molecule has 0 bridgehead atoms. The van der Waals surface area contributed by atoms with Gasteiger partial charge in [0.25, 0.3) is 0 Å². The van der Waals surface area contributed by atoms with Gasteiger partial charge in [0.2, 0.25) is 0 Å². The maximum atomic E-state index is 10.9. The Labute approximate surface area is 103 Å². The SMILES string of the molecule is N#CC1=C(C#N)C(=O)C=CC1=O.O=C(O)C(F)(F)F. The highest BCUT2D eigenvalue weighted by Crippen LogP contribution is 2.13. The van der Waals surface area contributed by atoms with Crippen molar-refractivity contribution in [3.05, 3.63) is 23.3 Å². The summed E-state index contributed by atoms with van der Waals surface area (Å²) in [6.07, 6.45) is -3.11. The van der Waals surface area contributed by atoms with Gasteiger partial charge in [0.1, 0.15) is 23.3 Å². The van der Waals surface area contributed by atoms with Crippen molar-refractivity contribution in [2.45, 2.75) is 6.18 Å². The Kier molecular flexibility index (Phi) is 5.17. The van der Waals surface area contributed by atoms with Crippen LogP contribution in [0.1, 0.15) is 0 Å². The highest BCUT2D eigenvalue weighted by molar-refractivity contribution is 6.23. The molecule has 1 rings (SSSR count). The molecule has 0 aromatic carbocycles. The summed E-state index contributed by atoms with van der Waals surface area (Å²) in [4.78, 5) is 30.6. The summed E-state index contributed by atoms with van der Waals surface area (Å²) in [6.45, 7) is 0. The molecule has 0 radical (unpaired) electrons. The predicted octanol–water partition coefficient (Wildman–Crippen LogP) is 0.671.